The lowest BCUT2D eigenvalue weighted by Crippen LogP contribution is -2.20. The van der Waals surface area contributed by atoms with Crippen LogP contribution in [0.4, 0.5) is 0 Å². The van der Waals surface area contributed by atoms with Crippen molar-refractivity contribution in [2.45, 2.75) is 45.6 Å². The fourth-order valence-electron chi connectivity index (χ4n) is 4.53. The molecule has 8 heteroatoms. The maximum Gasteiger partial charge on any atom is 0.265 e. The van der Waals surface area contributed by atoms with E-state index in [4.69, 9.17) is 24.4 Å². The third-order valence-electron chi connectivity index (χ3n) is 6.36. The molecule has 0 saturated carbocycles. The van der Waals surface area contributed by atoms with Crippen molar-refractivity contribution in [2.24, 2.45) is 0 Å². The van der Waals surface area contributed by atoms with E-state index in [1.807, 2.05) is 47.0 Å². The highest BCUT2D eigenvalue weighted by Crippen LogP contribution is 2.33. The van der Waals surface area contributed by atoms with Crippen molar-refractivity contribution < 1.29 is 9.47 Å². The Labute approximate surface area is 203 Å². The number of nitrogens with zero attached hydrogens (tertiary/aromatic N) is 5. The number of para-hydroxylation sites is 2. The Balaban J connectivity index is 1.73. The highest BCUT2D eigenvalue weighted by molar-refractivity contribution is 6.05. The average Bonchev–Trinajstić information content (AvgIpc) is 3.21. The van der Waals surface area contributed by atoms with Crippen molar-refractivity contribution in [3.63, 3.8) is 0 Å². The van der Waals surface area contributed by atoms with Gasteiger partial charge in [-0.15, -0.1) is 0 Å². The number of aromatic nitrogens is 5. The van der Waals surface area contributed by atoms with Crippen LogP contribution in [0.5, 0.6) is 11.5 Å². The van der Waals surface area contributed by atoms with Crippen LogP contribution in [0.25, 0.3) is 38.9 Å². The summed E-state index contributed by atoms with van der Waals surface area (Å²) in [6.07, 6.45) is 7.26. The third-order valence-corrected chi connectivity index (χ3v) is 6.36. The Morgan fingerprint density at radius 2 is 1.60 bits per heavy atom. The normalized spacial score (nSPS) is 11.5. The topological polar surface area (TPSA) is 84.1 Å². The van der Waals surface area contributed by atoms with Crippen LogP contribution in [-0.4, -0.2) is 38.3 Å². The molecule has 0 unspecified atom stereocenters. The van der Waals surface area contributed by atoms with Gasteiger partial charge in [0.25, 0.3) is 5.56 Å². The zero-order valence-electron chi connectivity index (χ0n) is 20.3. The molecule has 35 heavy (non-hydrogen) atoms. The molecule has 0 N–H and O–H groups in total. The van der Waals surface area contributed by atoms with Gasteiger partial charge in [0.1, 0.15) is 10.9 Å². The summed E-state index contributed by atoms with van der Waals surface area (Å²) < 4.78 is 14.5. The van der Waals surface area contributed by atoms with Crippen molar-refractivity contribution in [3.8, 4) is 17.2 Å². The molecule has 0 radical (unpaired) electrons. The predicted molar refractivity (Wildman–Crippen MR) is 138 cm³/mol. The first kappa shape index (κ1) is 22.8. The van der Waals surface area contributed by atoms with E-state index < -0.39 is 0 Å². The number of methoxy groups -OCH3 is 2. The molecule has 3 heterocycles. The van der Waals surface area contributed by atoms with Crippen LogP contribution >= 0.6 is 0 Å². The third kappa shape index (κ3) is 4.09. The minimum Gasteiger partial charge on any atom is -0.493 e. The first-order valence-corrected chi connectivity index (χ1v) is 12.0. The second-order valence-corrected chi connectivity index (χ2v) is 8.62. The molecule has 0 amide bonds. The SMILES string of the molecule is CCCCCCCn1cnc2c(c1=O)c1nc3ccccc3nc1n2-c1ccc(OC)c(OC)c1. The Morgan fingerprint density at radius 1 is 0.857 bits per heavy atom. The molecule has 3 aromatic heterocycles. The van der Waals surface area contributed by atoms with E-state index in [0.717, 1.165) is 29.6 Å². The predicted octanol–water partition coefficient (Wildman–Crippen LogP) is 5.27. The fraction of sp³-hybridized carbons (Fsp3) is 0.333. The van der Waals surface area contributed by atoms with Gasteiger partial charge in [0.15, 0.2) is 22.8 Å². The number of benzene rings is 2. The standard InChI is InChI=1S/C27H29N5O3/c1-4-5-6-7-10-15-31-17-28-25-23(27(31)33)24-26(30-20-12-9-8-11-19(20)29-24)32(25)18-13-14-21(34-2)22(16-18)35-3/h8-9,11-14,16-17H,4-7,10,15H2,1-3H3. The monoisotopic (exact) mass is 471 g/mol. The number of hydrogen-bond acceptors (Lipinski definition) is 6. The van der Waals surface area contributed by atoms with Crippen LogP contribution in [0.15, 0.2) is 53.6 Å². The van der Waals surface area contributed by atoms with Crippen LogP contribution in [0.2, 0.25) is 0 Å². The molecule has 5 aromatic rings. The fourth-order valence-corrected chi connectivity index (χ4v) is 4.53. The first-order valence-electron chi connectivity index (χ1n) is 12.0. The number of unbranched alkanes of at least 4 members (excludes halogenated alkanes) is 4. The summed E-state index contributed by atoms with van der Waals surface area (Å²) >= 11 is 0. The van der Waals surface area contributed by atoms with E-state index >= 15 is 0 Å². The highest BCUT2D eigenvalue weighted by atomic mass is 16.5. The molecule has 8 nitrogen and oxygen atoms in total. The summed E-state index contributed by atoms with van der Waals surface area (Å²) in [5.74, 6) is 1.20. The van der Waals surface area contributed by atoms with Crippen molar-refractivity contribution in [1.82, 2.24) is 24.1 Å². The van der Waals surface area contributed by atoms with Gasteiger partial charge in [-0.05, 0) is 30.7 Å². The molecule has 0 aliphatic rings. The lowest BCUT2D eigenvalue weighted by atomic mass is 10.1. The number of aryl methyl sites for hydroxylation is 1. The first-order chi connectivity index (χ1) is 17.2. The molecule has 180 valence electrons. The van der Waals surface area contributed by atoms with E-state index in [1.165, 1.54) is 19.3 Å². The zero-order chi connectivity index (χ0) is 24.4. The number of rotatable bonds is 9. The lowest BCUT2D eigenvalue weighted by molar-refractivity contribution is 0.355. The highest BCUT2D eigenvalue weighted by Gasteiger charge is 2.21. The van der Waals surface area contributed by atoms with Gasteiger partial charge in [-0.25, -0.2) is 15.0 Å². The molecule has 0 fully saturated rings. The summed E-state index contributed by atoms with van der Waals surface area (Å²) in [5, 5.41) is 0.476. The van der Waals surface area contributed by atoms with Crippen LogP contribution < -0.4 is 15.0 Å². The van der Waals surface area contributed by atoms with Gasteiger partial charge in [-0.2, -0.15) is 0 Å². The molecule has 0 aliphatic carbocycles. The quantitative estimate of drug-likeness (QED) is 0.272. The van der Waals surface area contributed by atoms with E-state index in [-0.39, 0.29) is 5.56 Å². The Morgan fingerprint density at radius 3 is 2.34 bits per heavy atom. The molecule has 0 aliphatic heterocycles. The maximum atomic E-state index is 13.7. The summed E-state index contributed by atoms with van der Waals surface area (Å²) in [6.45, 7) is 2.83. The van der Waals surface area contributed by atoms with Gasteiger partial charge in [-0.3, -0.25) is 13.9 Å². The van der Waals surface area contributed by atoms with Gasteiger partial charge in [0, 0.05) is 12.6 Å². The Kier molecular flexibility index (Phi) is 6.35. The summed E-state index contributed by atoms with van der Waals surface area (Å²) in [7, 11) is 3.19. The largest absolute Gasteiger partial charge is 0.493 e. The van der Waals surface area contributed by atoms with Gasteiger partial charge >= 0.3 is 0 Å². The second kappa shape index (κ2) is 9.74. The molecule has 2 aromatic carbocycles. The van der Waals surface area contributed by atoms with E-state index in [2.05, 4.69) is 6.92 Å². The van der Waals surface area contributed by atoms with E-state index in [0.29, 0.717) is 40.2 Å². The lowest BCUT2D eigenvalue weighted by Gasteiger charge is -2.12. The molecular weight excluding hydrogens is 442 g/mol. The number of hydrogen-bond donors (Lipinski definition) is 0. The van der Waals surface area contributed by atoms with Gasteiger partial charge in [0.2, 0.25) is 0 Å². The Bertz CT molecular complexity index is 1570. The molecule has 0 bridgehead atoms. The van der Waals surface area contributed by atoms with Gasteiger partial charge < -0.3 is 9.47 Å². The van der Waals surface area contributed by atoms with Gasteiger partial charge in [-0.1, -0.05) is 44.7 Å². The zero-order valence-corrected chi connectivity index (χ0v) is 20.3. The second-order valence-electron chi connectivity index (χ2n) is 8.62. The van der Waals surface area contributed by atoms with E-state index in [9.17, 15) is 4.79 Å². The summed E-state index contributed by atoms with van der Waals surface area (Å²) in [4.78, 5) is 28.2. The molecule has 5 rings (SSSR count). The maximum absolute atomic E-state index is 13.7. The smallest absolute Gasteiger partial charge is 0.265 e. The van der Waals surface area contributed by atoms with Crippen LogP contribution in [0.1, 0.15) is 39.0 Å². The van der Waals surface area contributed by atoms with Crippen LogP contribution in [0.3, 0.4) is 0 Å². The van der Waals surface area contributed by atoms with Crippen LogP contribution in [-0.2, 0) is 6.54 Å². The minimum atomic E-state index is -0.0979. The van der Waals surface area contributed by atoms with E-state index in [1.54, 1.807) is 25.1 Å². The van der Waals surface area contributed by atoms with Crippen LogP contribution in [0, 0.1) is 0 Å². The average molecular weight is 472 g/mol. The van der Waals surface area contributed by atoms with Crippen molar-refractivity contribution in [1.29, 1.82) is 0 Å². The summed E-state index contributed by atoms with van der Waals surface area (Å²) in [5.41, 5.74) is 3.80. The van der Waals surface area contributed by atoms with Crippen molar-refractivity contribution >= 4 is 33.2 Å². The minimum absolute atomic E-state index is 0.0979. The Hall–Kier alpha value is -3.94. The molecule has 0 spiro atoms. The molecule has 0 atom stereocenters. The summed E-state index contributed by atoms with van der Waals surface area (Å²) in [6, 6.07) is 13.3. The number of ether oxygens (including phenoxy) is 2. The molecule has 0 saturated heterocycles. The number of fused-ring (bicyclic) bond motifs is 4. The van der Waals surface area contributed by atoms with Crippen molar-refractivity contribution in [2.75, 3.05) is 14.2 Å². The molecular formula is C27H29N5O3. The van der Waals surface area contributed by atoms with Gasteiger partial charge in [0.05, 0.1) is 37.3 Å². The van der Waals surface area contributed by atoms with Crippen molar-refractivity contribution in [3.05, 3.63) is 59.1 Å².